The van der Waals surface area contributed by atoms with Gasteiger partial charge in [-0.15, -0.1) is 10.2 Å². The van der Waals surface area contributed by atoms with Crippen LogP contribution in [-0.4, -0.2) is 80.2 Å². The topological polar surface area (TPSA) is 81.2 Å². The Balaban J connectivity index is 0.860. The van der Waals surface area contributed by atoms with Gasteiger partial charge in [-0.2, -0.15) is 13.2 Å². The molecule has 5 fully saturated rings. The van der Waals surface area contributed by atoms with Crippen molar-refractivity contribution in [3.8, 4) is 0 Å². The molecule has 3 aliphatic heterocycles. The number of rotatable bonds is 4. The van der Waals surface area contributed by atoms with Gasteiger partial charge in [-0.1, -0.05) is 0 Å². The van der Waals surface area contributed by atoms with Crippen molar-refractivity contribution in [1.82, 2.24) is 34.9 Å². The van der Waals surface area contributed by atoms with Crippen molar-refractivity contribution in [3.63, 3.8) is 0 Å². The maximum Gasteiger partial charge on any atom is 0.417 e. The molecule has 8 nitrogen and oxygen atoms in total. The van der Waals surface area contributed by atoms with Gasteiger partial charge in [-0.3, -0.25) is 9.88 Å². The molecule has 11 heteroatoms. The second-order valence-electron chi connectivity index (χ2n) is 12.0. The maximum absolute atomic E-state index is 13.0. The van der Waals surface area contributed by atoms with Crippen LogP contribution in [0.25, 0.3) is 0 Å². The van der Waals surface area contributed by atoms with Crippen LogP contribution in [0.3, 0.4) is 0 Å². The summed E-state index contributed by atoms with van der Waals surface area (Å²) in [6.45, 7) is 5.46. The molecule has 2 spiro atoms. The van der Waals surface area contributed by atoms with E-state index in [1.54, 1.807) is 0 Å². The summed E-state index contributed by atoms with van der Waals surface area (Å²) in [5.41, 5.74) is 0.292. The fourth-order valence-electron chi connectivity index (χ4n) is 6.78. The number of hydrogen-bond donors (Lipinski definition) is 1. The van der Waals surface area contributed by atoms with Crippen molar-refractivity contribution in [2.45, 2.75) is 56.7 Å². The van der Waals surface area contributed by atoms with Crippen LogP contribution in [0.4, 0.5) is 18.0 Å². The molecule has 3 saturated heterocycles. The predicted octanol–water partition coefficient (Wildman–Crippen LogP) is 3.60. The number of alkyl halides is 3. The van der Waals surface area contributed by atoms with Crippen molar-refractivity contribution in [2.75, 3.05) is 39.3 Å². The van der Waals surface area contributed by atoms with Crippen molar-refractivity contribution < 1.29 is 18.0 Å². The number of H-pyrrole nitrogens is 1. The second kappa shape index (κ2) is 7.66. The molecule has 2 amide bonds. The highest BCUT2D eigenvalue weighted by molar-refractivity contribution is 5.77. The average Bonchev–Trinajstić information content (AvgIpc) is 3.34. The molecule has 2 aromatic heterocycles. The van der Waals surface area contributed by atoms with E-state index >= 15 is 0 Å². The number of aromatic nitrogens is 4. The fourth-order valence-corrected chi connectivity index (χ4v) is 6.78. The van der Waals surface area contributed by atoms with Crippen LogP contribution in [0.15, 0.2) is 18.3 Å². The molecule has 192 valence electrons. The molecule has 0 aromatic carbocycles. The van der Waals surface area contributed by atoms with E-state index in [0.717, 1.165) is 82.4 Å². The molecule has 0 unspecified atom stereocenters. The Morgan fingerprint density at radius 3 is 2.25 bits per heavy atom. The van der Waals surface area contributed by atoms with Gasteiger partial charge in [0.2, 0.25) is 0 Å². The lowest BCUT2D eigenvalue weighted by Gasteiger charge is -2.60. The molecule has 0 bridgehead atoms. The third-order valence-corrected chi connectivity index (χ3v) is 8.93. The molecule has 5 aliphatic rings. The number of nitrogens with one attached hydrogen (secondary N) is 1. The quantitative estimate of drug-likeness (QED) is 0.693. The molecular formula is C25H30F3N7O. The van der Waals surface area contributed by atoms with Gasteiger partial charge in [0.25, 0.3) is 0 Å². The third kappa shape index (κ3) is 3.86. The zero-order chi connectivity index (χ0) is 24.7. The van der Waals surface area contributed by atoms with Gasteiger partial charge in [-0.05, 0) is 50.8 Å². The maximum atomic E-state index is 13.0. The second-order valence-corrected chi connectivity index (χ2v) is 12.0. The van der Waals surface area contributed by atoms with Crippen molar-refractivity contribution in [3.05, 3.63) is 41.2 Å². The van der Waals surface area contributed by atoms with Gasteiger partial charge < -0.3 is 14.8 Å². The van der Waals surface area contributed by atoms with Crippen LogP contribution in [0.2, 0.25) is 0 Å². The predicted molar refractivity (Wildman–Crippen MR) is 123 cm³/mol. The number of carbonyl (C=O) groups excluding carboxylic acids is 1. The average molecular weight is 502 g/mol. The molecule has 1 N–H and O–H groups in total. The highest BCUT2D eigenvalue weighted by Gasteiger charge is 2.57. The Morgan fingerprint density at radius 1 is 0.972 bits per heavy atom. The van der Waals surface area contributed by atoms with E-state index in [0.29, 0.717) is 24.1 Å². The van der Waals surface area contributed by atoms with Gasteiger partial charge in [0.05, 0.1) is 11.3 Å². The zero-order valence-electron chi connectivity index (χ0n) is 20.1. The Morgan fingerprint density at radius 2 is 1.64 bits per heavy atom. The van der Waals surface area contributed by atoms with Gasteiger partial charge in [0.1, 0.15) is 11.6 Å². The Kier molecular flexibility index (Phi) is 4.79. The summed E-state index contributed by atoms with van der Waals surface area (Å²) in [4.78, 5) is 26.6. The van der Waals surface area contributed by atoms with Crippen molar-refractivity contribution in [2.24, 2.45) is 10.8 Å². The van der Waals surface area contributed by atoms with E-state index in [9.17, 15) is 18.0 Å². The summed E-state index contributed by atoms with van der Waals surface area (Å²) in [7, 11) is 0. The van der Waals surface area contributed by atoms with Crippen molar-refractivity contribution >= 4 is 6.03 Å². The number of hydrogen-bond acceptors (Lipinski definition) is 5. The lowest BCUT2D eigenvalue weighted by molar-refractivity contribution is -0.137. The first kappa shape index (κ1) is 22.5. The molecular weight excluding hydrogens is 471 g/mol. The van der Waals surface area contributed by atoms with E-state index < -0.39 is 11.7 Å². The van der Waals surface area contributed by atoms with Crippen LogP contribution < -0.4 is 0 Å². The smallest absolute Gasteiger partial charge is 0.328 e. The summed E-state index contributed by atoms with van der Waals surface area (Å²) in [6, 6.07) is 2.70. The molecule has 36 heavy (non-hydrogen) atoms. The van der Waals surface area contributed by atoms with E-state index in [1.165, 1.54) is 18.9 Å². The minimum atomic E-state index is -4.36. The summed E-state index contributed by atoms with van der Waals surface area (Å²) in [6.07, 6.45) is 2.13. The Hall–Kier alpha value is -2.69. The largest absolute Gasteiger partial charge is 0.417 e. The minimum absolute atomic E-state index is 0.108. The van der Waals surface area contributed by atoms with Gasteiger partial charge >= 0.3 is 12.2 Å². The normalized spacial score (nSPS) is 25.2. The van der Waals surface area contributed by atoms with Gasteiger partial charge in [0, 0.05) is 68.1 Å². The van der Waals surface area contributed by atoms with E-state index in [1.807, 2.05) is 9.80 Å². The van der Waals surface area contributed by atoms with Crippen LogP contribution in [0.5, 0.6) is 0 Å². The number of urea groups is 1. The van der Waals surface area contributed by atoms with Crippen LogP contribution >= 0.6 is 0 Å². The van der Waals surface area contributed by atoms with Crippen LogP contribution in [0, 0.1) is 10.8 Å². The van der Waals surface area contributed by atoms with E-state index in [-0.39, 0.29) is 16.9 Å². The Bertz CT molecular complexity index is 1160. The van der Waals surface area contributed by atoms with Crippen molar-refractivity contribution in [1.29, 1.82) is 0 Å². The SMILES string of the molecule is O=C(N1CC2(CC(c3nnc(C4CC4)[nH]3)C2)C1)N1CC2(CCN(Cc3ccc(C(F)(F)F)cn3)C2)C1. The highest BCUT2D eigenvalue weighted by Crippen LogP contribution is 2.56. The monoisotopic (exact) mass is 501 g/mol. The molecule has 7 rings (SSSR count). The molecule has 2 aliphatic carbocycles. The first-order chi connectivity index (χ1) is 17.2. The molecule has 2 aromatic rings. The number of pyridine rings is 1. The molecule has 0 atom stereocenters. The first-order valence-electron chi connectivity index (χ1n) is 12.9. The number of aromatic amines is 1. The molecule has 0 radical (unpaired) electrons. The number of likely N-dealkylation sites (tertiary alicyclic amines) is 3. The van der Waals surface area contributed by atoms with Gasteiger partial charge in [-0.25, -0.2) is 4.79 Å². The molecule has 2 saturated carbocycles. The summed E-state index contributed by atoms with van der Waals surface area (Å²) in [5.74, 6) is 3.10. The number of halogens is 3. The number of amides is 2. The van der Waals surface area contributed by atoms with Crippen LogP contribution in [-0.2, 0) is 12.7 Å². The first-order valence-corrected chi connectivity index (χ1v) is 12.9. The van der Waals surface area contributed by atoms with E-state index in [4.69, 9.17) is 0 Å². The third-order valence-electron chi connectivity index (χ3n) is 8.93. The summed E-state index contributed by atoms with van der Waals surface area (Å²) in [5, 5.41) is 8.68. The standard InChI is InChI=1S/C25H30F3N7O/c26-25(27,28)18-3-4-19(29-9-18)10-33-6-5-23(11-33)12-34(13-23)22(36)35-14-24(15-35)7-17(8-24)21-30-20(31-32-21)16-1-2-16/h3-4,9,16-17H,1-2,5-8,10-15H2,(H,30,31,32). The van der Waals surface area contributed by atoms with E-state index in [2.05, 4.69) is 25.1 Å². The zero-order valence-corrected chi connectivity index (χ0v) is 20.1. The highest BCUT2D eigenvalue weighted by atomic mass is 19.4. The molecule has 5 heterocycles. The Labute approximate surface area is 207 Å². The minimum Gasteiger partial charge on any atom is -0.328 e. The lowest BCUT2D eigenvalue weighted by atomic mass is 9.57. The van der Waals surface area contributed by atoms with Gasteiger partial charge in [0.15, 0.2) is 0 Å². The summed E-state index contributed by atoms with van der Waals surface area (Å²) < 4.78 is 38.3. The summed E-state index contributed by atoms with van der Waals surface area (Å²) >= 11 is 0. The van der Waals surface area contributed by atoms with Crippen LogP contribution in [0.1, 0.15) is 66.8 Å². The number of carbonyl (C=O) groups is 1. The number of nitrogens with zero attached hydrogens (tertiary/aromatic N) is 6. The lowest BCUT2D eigenvalue weighted by Crippen LogP contribution is -2.69. The fraction of sp³-hybridized carbons (Fsp3) is 0.680.